The summed E-state index contributed by atoms with van der Waals surface area (Å²) in [5.74, 6) is -0.246. The Hall–Kier alpha value is -2.36. The lowest BCUT2D eigenvalue weighted by molar-refractivity contribution is 0.0734. The zero-order valence-corrected chi connectivity index (χ0v) is 8.34. The molecule has 0 saturated carbocycles. The monoisotopic (exact) mass is 215 g/mol. The Bertz CT molecular complexity index is 545. The predicted octanol–water partition coefficient (Wildman–Crippen LogP) is 1.59. The van der Waals surface area contributed by atoms with Crippen LogP contribution in [0.25, 0.3) is 0 Å². The van der Waals surface area contributed by atoms with Crippen LogP contribution in [0.1, 0.15) is 10.4 Å². The van der Waals surface area contributed by atoms with Gasteiger partial charge in [-0.25, -0.2) is 4.79 Å². The average Bonchev–Trinajstić information content (AvgIpc) is 2.30. The number of nitrogens with one attached hydrogen (secondary N) is 1. The molecule has 1 N–H and O–H groups in total. The second-order valence-corrected chi connectivity index (χ2v) is 3.14. The van der Waals surface area contributed by atoms with Crippen molar-refractivity contribution in [3.8, 4) is 5.75 Å². The summed E-state index contributed by atoms with van der Waals surface area (Å²) in [5, 5.41) is 0. The number of ether oxygens (including phenoxy) is 1. The maximum Gasteiger partial charge on any atom is 0.343 e. The highest BCUT2D eigenvalue weighted by Gasteiger charge is 2.07. The molecule has 4 heteroatoms. The molecular formula is C12H9NO3. The highest BCUT2D eigenvalue weighted by molar-refractivity contribution is 5.90. The van der Waals surface area contributed by atoms with Gasteiger partial charge >= 0.3 is 5.97 Å². The van der Waals surface area contributed by atoms with E-state index in [2.05, 4.69) is 4.98 Å². The van der Waals surface area contributed by atoms with Gasteiger partial charge in [-0.3, -0.25) is 4.79 Å². The van der Waals surface area contributed by atoms with E-state index in [9.17, 15) is 9.59 Å². The number of carbonyl (C=O) groups excluding carboxylic acids is 1. The summed E-state index contributed by atoms with van der Waals surface area (Å²) < 4.78 is 5.02. The van der Waals surface area contributed by atoms with Crippen LogP contribution in [0.3, 0.4) is 0 Å². The van der Waals surface area contributed by atoms with Crippen LogP contribution in [-0.2, 0) is 0 Å². The van der Waals surface area contributed by atoms with Gasteiger partial charge in [0, 0.05) is 12.3 Å². The van der Waals surface area contributed by atoms with E-state index >= 15 is 0 Å². The molecular weight excluding hydrogens is 206 g/mol. The van der Waals surface area contributed by atoms with Crippen LogP contribution in [0, 0.1) is 0 Å². The van der Waals surface area contributed by atoms with Crippen LogP contribution in [0.2, 0.25) is 0 Å². The predicted molar refractivity (Wildman–Crippen MR) is 58.5 cm³/mol. The molecule has 0 radical (unpaired) electrons. The first-order chi connectivity index (χ1) is 7.75. The minimum atomic E-state index is -0.480. The van der Waals surface area contributed by atoms with Gasteiger partial charge in [0.2, 0.25) is 0 Å². The number of benzene rings is 1. The number of hydrogen-bond donors (Lipinski definition) is 1. The molecule has 1 aromatic heterocycles. The topological polar surface area (TPSA) is 59.2 Å². The molecule has 2 rings (SSSR count). The molecule has 0 saturated heterocycles. The number of aromatic amines is 1. The minimum Gasteiger partial charge on any atom is -0.423 e. The zero-order chi connectivity index (χ0) is 11.4. The van der Waals surface area contributed by atoms with Crippen LogP contribution in [0.4, 0.5) is 0 Å². The van der Waals surface area contributed by atoms with Gasteiger partial charge in [0.25, 0.3) is 5.56 Å². The summed E-state index contributed by atoms with van der Waals surface area (Å²) >= 11 is 0. The van der Waals surface area contributed by atoms with E-state index in [4.69, 9.17) is 4.74 Å². The van der Waals surface area contributed by atoms with Crippen molar-refractivity contribution in [3.63, 3.8) is 0 Å². The number of hydrogen-bond acceptors (Lipinski definition) is 3. The van der Waals surface area contributed by atoms with E-state index in [1.807, 2.05) is 6.07 Å². The van der Waals surface area contributed by atoms with Crippen LogP contribution >= 0.6 is 0 Å². The normalized spacial score (nSPS) is 9.75. The Morgan fingerprint density at radius 1 is 1.12 bits per heavy atom. The molecule has 4 nitrogen and oxygen atoms in total. The highest BCUT2D eigenvalue weighted by atomic mass is 16.5. The summed E-state index contributed by atoms with van der Waals surface area (Å²) in [5.41, 5.74) is 0.140. The summed E-state index contributed by atoms with van der Waals surface area (Å²) in [6.45, 7) is 0. The molecule has 0 spiro atoms. The number of esters is 1. The van der Waals surface area contributed by atoms with Crippen molar-refractivity contribution in [2.75, 3.05) is 0 Å². The fourth-order valence-corrected chi connectivity index (χ4v) is 1.23. The maximum atomic E-state index is 11.6. The van der Waals surface area contributed by atoms with Gasteiger partial charge < -0.3 is 9.72 Å². The standard InChI is InChI=1S/C12H9NO3/c14-11-8-10(6-7-13-11)16-12(15)9-4-2-1-3-5-9/h1-8H,(H,13,14). The molecule has 16 heavy (non-hydrogen) atoms. The van der Waals surface area contributed by atoms with E-state index in [-0.39, 0.29) is 11.3 Å². The molecule has 80 valence electrons. The molecule has 1 aromatic carbocycles. The van der Waals surface area contributed by atoms with E-state index in [1.54, 1.807) is 24.3 Å². The van der Waals surface area contributed by atoms with Crippen molar-refractivity contribution < 1.29 is 9.53 Å². The number of pyridine rings is 1. The summed E-state index contributed by atoms with van der Waals surface area (Å²) in [6, 6.07) is 11.3. The maximum absolute atomic E-state index is 11.6. The first kappa shape index (κ1) is 10.2. The third-order valence-electron chi connectivity index (χ3n) is 1.97. The van der Waals surface area contributed by atoms with Gasteiger partial charge in [0.05, 0.1) is 5.56 Å². The lowest BCUT2D eigenvalue weighted by atomic mass is 10.2. The fourth-order valence-electron chi connectivity index (χ4n) is 1.23. The molecule has 0 atom stereocenters. The summed E-state index contributed by atoms with van der Waals surface area (Å²) in [6.07, 6.45) is 1.43. The smallest absolute Gasteiger partial charge is 0.343 e. The third kappa shape index (κ3) is 2.36. The van der Waals surface area contributed by atoms with E-state index < -0.39 is 5.97 Å². The van der Waals surface area contributed by atoms with Crippen LogP contribution in [0.15, 0.2) is 53.5 Å². The number of H-pyrrole nitrogens is 1. The molecule has 0 amide bonds. The minimum absolute atomic E-state index is 0.234. The lowest BCUT2D eigenvalue weighted by Gasteiger charge is -2.02. The fraction of sp³-hybridized carbons (Fsp3) is 0. The zero-order valence-electron chi connectivity index (χ0n) is 8.34. The largest absolute Gasteiger partial charge is 0.423 e. The van der Waals surface area contributed by atoms with Crippen molar-refractivity contribution in [1.29, 1.82) is 0 Å². The van der Waals surface area contributed by atoms with Gasteiger partial charge in [-0.15, -0.1) is 0 Å². The molecule has 0 unspecified atom stereocenters. The molecule has 0 fully saturated rings. The molecule has 2 aromatic rings. The SMILES string of the molecule is O=C(Oc1cc[nH]c(=O)c1)c1ccccc1. The van der Waals surface area contributed by atoms with Gasteiger partial charge in [0.15, 0.2) is 0 Å². The van der Waals surface area contributed by atoms with Crippen molar-refractivity contribution >= 4 is 5.97 Å². The molecule has 1 heterocycles. The van der Waals surface area contributed by atoms with Crippen molar-refractivity contribution in [1.82, 2.24) is 4.98 Å². The second-order valence-electron chi connectivity index (χ2n) is 3.14. The first-order valence-electron chi connectivity index (χ1n) is 4.72. The Morgan fingerprint density at radius 3 is 2.56 bits per heavy atom. The number of rotatable bonds is 2. The Morgan fingerprint density at radius 2 is 1.88 bits per heavy atom. The molecule has 0 bridgehead atoms. The van der Waals surface area contributed by atoms with Crippen LogP contribution in [0.5, 0.6) is 5.75 Å². The number of carbonyl (C=O) groups is 1. The third-order valence-corrected chi connectivity index (χ3v) is 1.97. The Balaban J connectivity index is 2.17. The van der Waals surface area contributed by atoms with E-state index in [1.165, 1.54) is 18.3 Å². The highest BCUT2D eigenvalue weighted by Crippen LogP contribution is 2.08. The first-order valence-corrected chi connectivity index (χ1v) is 4.72. The summed E-state index contributed by atoms with van der Waals surface area (Å²) in [7, 11) is 0. The van der Waals surface area contributed by atoms with Crippen LogP contribution < -0.4 is 10.3 Å². The average molecular weight is 215 g/mol. The van der Waals surface area contributed by atoms with Gasteiger partial charge in [-0.05, 0) is 18.2 Å². The lowest BCUT2D eigenvalue weighted by Crippen LogP contribution is -2.10. The quantitative estimate of drug-likeness (QED) is 0.774. The Labute approximate surface area is 91.5 Å². The second kappa shape index (κ2) is 4.44. The summed E-state index contributed by atoms with van der Waals surface area (Å²) in [4.78, 5) is 25.0. The van der Waals surface area contributed by atoms with Crippen LogP contribution in [-0.4, -0.2) is 11.0 Å². The van der Waals surface area contributed by atoms with Crippen molar-refractivity contribution in [2.45, 2.75) is 0 Å². The van der Waals surface area contributed by atoms with E-state index in [0.29, 0.717) is 5.56 Å². The number of aromatic nitrogens is 1. The van der Waals surface area contributed by atoms with E-state index in [0.717, 1.165) is 0 Å². The van der Waals surface area contributed by atoms with Crippen molar-refractivity contribution in [2.24, 2.45) is 0 Å². The van der Waals surface area contributed by atoms with Gasteiger partial charge in [-0.2, -0.15) is 0 Å². The van der Waals surface area contributed by atoms with Gasteiger partial charge in [0.1, 0.15) is 5.75 Å². The Kier molecular flexibility index (Phi) is 2.82. The van der Waals surface area contributed by atoms with Crippen molar-refractivity contribution in [3.05, 3.63) is 64.6 Å². The molecule has 0 aliphatic heterocycles. The van der Waals surface area contributed by atoms with Gasteiger partial charge in [-0.1, -0.05) is 18.2 Å². The molecule has 0 aliphatic carbocycles. The molecule has 0 aliphatic rings.